The fraction of sp³-hybridized carbons (Fsp3) is 0.240. The van der Waals surface area contributed by atoms with Crippen molar-refractivity contribution >= 4 is 23.5 Å². The molecule has 0 aliphatic carbocycles. The number of morpholine rings is 1. The van der Waals surface area contributed by atoms with Crippen molar-refractivity contribution in [1.29, 1.82) is 0 Å². The normalized spacial score (nSPS) is 14.6. The quantitative estimate of drug-likeness (QED) is 0.317. The third kappa shape index (κ3) is 5.30. The first-order valence-corrected chi connectivity index (χ1v) is 10.7. The van der Waals surface area contributed by atoms with Crippen molar-refractivity contribution in [2.45, 2.75) is 6.92 Å². The lowest BCUT2D eigenvalue weighted by Gasteiger charge is -2.29. The molecule has 1 aromatic carbocycles. The molecular formula is C25H28N6O2. The molecule has 0 radical (unpaired) electrons. The molecule has 0 saturated carbocycles. The Morgan fingerprint density at radius 2 is 1.97 bits per heavy atom. The maximum Gasteiger partial charge on any atom is 0.160 e. The number of fused-ring (bicyclic) bond motifs is 1. The second-order valence-electron chi connectivity index (χ2n) is 7.69. The van der Waals surface area contributed by atoms with Crippen LogP contribution in [0.1, 0.15) is 6.92 Å². The zero-order valence-corrected chi connectivity index (χ0v) is 19.0. The van der Waals surface area contributed by atoms with Crippen LogP contribution in [0.15, 0.2) is 78.0 Å². The van der Waals surface area contributed by atoms with Gasteiger partial charge in [0.05, 0.1) is 32.2 Å². The van der Waals surface area contributed by atoms with Gasteiger partial charge in [0.15, 0.2) is 11.5 Å². The highest BCUT2D eigenvalue weighted by Crippen LogP contribution is 2.27. The van der Waals surface area contributed by atoms with Gasteiger partial charge >= 0.3 is 0 Å². The molecule has 0 spiro atoms. The van der Waals surface area contributed by atoms with Crippen molar-refractivity contribution in [3.8, 4) is 17.0 Å². The number of methoxy groups -OCH3 is 1. The number of ether oxygens (including phenoxy) is 2. The summed E-state index contributed by atoms with van der Waals surface area (Å²) < 4.78 is 12.7. The molecular weight excluding hydrogens is 416 g/mol. The Hall–Kier alpha value is -3.91. The first-order chi connectivity index (χ1) is 16.1. The van der Waals surface area contributed by atoms with Gasteiger partial charge < -0.3 is 14.4 Å². The number of nitrogens with zero attached hydrogens (tertiary/aromatic N) is 5. The summed E-state index contributed by atoms with van der Waals surface area (Å²) in [5, 5.41) is 9.18. The molecule has 1 aliphatic heterocycles. The number of hydrogen-bond donors (Lipinski definition) is 1. The lowest BCUT2D eigenvalue weighted by atomic mass is 10.1. The molecule has 3 aromatic rings. The standard InChI is InChI=1S/C25H28N6O2/c1-5-19(14-18(2)3)17-26-28-23-16-25(30-10-12-33-13-11-30)31-24(27-23)15-22(29-31)20-6-8-21(32-4)9-7-20/h5-9,14-17H,1-2,10-13H2,3-4H3,(H,27,28)/b19-14+,26-17+. The molecule has 8 nitrogen and oxygen atoms in total. The van der Waals surface area contributed by atoms with Gasteiger partial charge in [0.1, 0.15) is 11.6 Å². The van der Waals surface area contributed by atoms with Crippen molar-refractivity contribution in [1.82, 2.24) is 14.6 Å². The summed E-state index contributed by atoms with van der Waals surface area (Å²) in [6.45, 7) is 12.5. The predicted molar refractivity (Wildman–Crippen MR) is 133 cm³/mol. The minimum Gasteiger partial charge on any atom is -0.497 e. The van der Waals surface area contributed by atoms with E-state index in [9.17, 15) is 0 Å². The van der Waals surface area contributed by atoms with Gasteiger partial charge in [-0.1, -0.05) is 30.9 Å². The molecule has 1 N–H and O–H groups in total. The molecule has 0 unspecified atom stereocenters. The highest BCUT2D eigenvalue weighted by Gasteiger charge is 2.18. The van der Waals surface area contributed by atoms with Gasteiger partial charge in [-0.15, -0.1) is 0 Å². The van der Waals surface area contributed by atoms with Crippen LogP contribution in [0.5, 0.6) is 5.75 Å². The van der Waals surface area contributed by atoms with E-state index in [4.69, 9.17) is 19.6 Å². The van der Waals surface area contributed by atoms with E-state index in [1.165, 1.54) is 0 Å². The summed E-state index contributed by atoms with van der Waals surface area (Å²) in [7, 11) is 1.65. The van der Waals surface area contributed by atoms with Crippen LogP contribution >= 0.6 is 0 Å². The van der Waals surface area contributed by atoms with Gasteiger partial charge in [0, 0.05) is 30.8 Å². The Bertz CT molecular complexity index is 1200. The zero-order valence-electron chi connectivity index (χ0n) is 19.0. The Balaban J connectivity index is 1.70. The third-order valence-corrected chi connectivity index (χ3v) is 5.17. The van der Waals surface area contributed by atoms with Crippen molar-refractivity contribution in [2.24, 2.45) is 5.10 Å². The van der Waals surface area contributed by atoms with E-state index in [0.717, 1.165) is 52.7 Å². The van der Waals surface area contributed by atoms with Crippen molar-refractivity contribution < 1.29 is 9.47 Å². The van der Waals surface area contributed by atoms with Crippen LogP contribution in [-0.2, 0) is 4.74 Å². The average molecular weight is 445 g/mol. The van der Waals surface area contributed by atoms with E-state index in [2.05, 4.69) is 28.6 Å². The summed E-state index contributed by atoms with van der Waals surface area (Å²) in [5.74, 6) is 2.36. The van der Waals surface area contributed by atoms with Gasteiger partial charge in [-0.2, -0.15) is 14.7 Å². The number of benzene rings is 1. The Morgan fingerprint density at radius 1 is 1.21 bits per heavy atom. The van der Waals surface area contributed by atoms with Gasteiger partial charge in [-0.3, -0.25) is 5.43 Å². The number of aromatic nitrogens is 3. The predicted octanol–water partition coefficient (Wildman–Crippen LogP) is 4.33. The van der Waals surface area contributed by atoms with Crippen LogP contribution in [0, 0.1) is 0 Å². The number of rotatable bonds is 8. The zero-order chi connectivity index (χ0) is 23.2. The fourth-order valence-electron chi connectivity index (χ4n) is 3.54. The van der Waals surface area contributed by atoms with E-state index >= 15 is 0 Å². The van der Waals surface area contributed by atoms with E-state index in [1.807, 2.05) is 53.9 Å². The van der Waals surface area contributed by atoms with Gasteiger partial charge in [0.25, 0.3) is 0 Å². The van der Waals surface area contributed by atoms with Crippen LogP contribution in [0.2, 0.25) is 0 Å². The highest BCUT2D eigenvalue weighted by atomic mass is 16.5. The Kier molecular flexibility index (Phi) is 6.85. The second kappa shape index (κ2) is 10.1. The van der Waals surface area contributed by atoms with E-state index in [0.29, 0.717) is 19.0 Å². The van der Waals surface area contributed by atoms with E-state index < -0.39 is 0 Å². The van der Waals surface area contributed by atoms with Crippen LogP contribution in [0.3, 0.4) is 0 Å². The maximum atomic E-state index is 5.53. The van der Waals surface area contributed by atoms with Crippen LogP contribution < -0.4 is 15.1 Å². The van der Waals surface area contributed by atoms with Gasteiger partial charge in [-0.25, -0.2) is 4.98 Å². The fourth-order valence-corrected chi connectivity index (χ4v) is 3.54. The highest BCUT2D eigenvalue weighted by molar-refractivity contribution is 5.83. The maximum absolute atomic E-state index is 5.53. The van der Waals surface area contributed by atoms with Crippen LogP contribution in [0.4, 0.5) is 11.6 Å². The number of hydrogen-bond acceptors (Lipinski definition) is 7. The number of hydrazone groups is 1. The van der Waals surface area contributed by atoms with Crippen molar-refractivity contribution in [2.75, 3.05) is 43.7 Å². The molecule has 33 heavy (non-hydrogen) atoms. The average Bonchev–Trinajstić information content (AvgIpc) is 3.27. The van der Waals surface area contributed by atoms with E-state index in [-0.39, 0.29) is 0 Å². The van der Waals surface area contributed by atoms with E-state index in [1.54, 1.807) is 19.4 Å². The van der Waals surface area contributed by atoms with Crippen LogP contribution in [-0.4, -0.2) is 54.2 Å². The molecule has 2 aromatic heterocycles. The molecule has 0 atom stereocenters. The molecule has 3 heterocycles. The summed E-state index contributed by atoms with van der Waals surface area (Å²) in [6, 6.07) is 11.7. The number of nitrogens with one attached hydrogen (secondary N) is 1. The molecule has 0 amide bonds. The largest absolute Gasteiger partial charge is 0.497 e. The minimum atomic E-state index is 0.625. The SMILES string of the molecule is C=CC(/C=N/Nc1cc(N2CCOCC2)n2nc(-c3ccc(OC)cc3)cc2n1)=C\C(=C)C. The van der Waals surface area contributed by atoms with Crippen molar-refractivity contribution in [3.63, 3.8) is 0 Å². The van der Waals surface area contributed by atoms with Crippen molar-refractivity contribution in [3.05, 3.63) is 72.9 Å². The molecule has 4 rings (SSSR count). The van der Waals surface area contributed by atoms with Gasteiger partial charge in [-0.05, 0) is 36.8 Å². The summed E-state index contributed by atoms with van der Waals surface area (Å²) in [4.78, 5) is 6.97. The topological polar surface area (TPSA) is 76.3 Å². The van der Waals surface area contributed by atoms with Crippen LogP contribution in [0.25, 0.3) is 16.9 Å². The summed E-state index contributed by atoms with van der Waals surface area (Å²) in [5.41, 5.74) is 7.37. The third-order valence-electron chi connectivity index (χ3n) is 5.17. The first kappa shape index (κ1) is 22.3. The molecule has 1 saturated heterocycles. The lowest BCUT2D eigenvalue weighted by molar-refractivity contribution is 0.122. The molecule has 1 fully saturated rings. The molecule has 1 aliphatic rings. The smallest absolute Gasteiger partial charge is 0.160 e. The number of anilines is 2. The molecule has 0 bridgehead atoms. The van der Waals surface area contributed by atoms with Gasteiger partial charge in [0.2, 0.25) is 0 Å². The minimum absolute atomic E-state index is 0.625. The lowest BCUT2D eigenvalue weighted by Crippen LogP contribution is -2.37. The molecule has 8 heteroatoms. The second-order valence-corrected chi connectivity index (χ2v) is 7.69. The Labute approximate surface area is 193 Å². The first-order valence-electron chi connectivity index (χ1n) is 10.7. The summed E-state index contributed by atoms with van der Waals surface area (Å²) >= 11 is 0. The number of allylic oxidation sites excluding steroid dienone is 4. The summed E-state index contributed by atoms with van der Waals surface area (Å²) in [6.07, 6.45) is 5.33. The molecule has 170 valence electrons. The Morgan fingerprint density at radius 3 is 2.64 bits per heavy atom. The monoisotopic (exact) mass is 444 g/mol.